The van der Waals surface area contributed by atoms with Gasteiger partial charge in [0.2, 0.25) is 0 Å². The van der Waals surface area contributed by atoms with E-state index in [9.17, 15) is 0 Å². The molecular formula is C15H15ClN4. The van der Waals surface area contributed by atoms with Crippen molar-refractivity contribution in [1.29, 1.82) is 0 Å². The molecule has 4 nitrogen and oxygen atoms in total. The molecule has 1 aliphatic rings. The summed E-state index contributed by atoms with van der Waals surface area (Å²) in [6.07, 6.45) is 2.08. The number of aromatic nitrogens is 2. The van der Waals surface area contributed by atoms with Gasteiger partial charge in [0.25, 0.3) is 0 Å². The number of hydrogen-bond acceptors (Lipinski definition) is 3. The minimum absolute atomic E-state index is 0.725. The van der Waals surface area contributed by atoms with Crippen molar-refractivity contribution in [1.82, 2.24) is 14.7 Å². The normalized spacial score (nSPS) is 16.1. The molecule has 2 aromatic heterocycles. The van der Waals surface area contributed by atoms with Gasteiger partial charge in [0.1, 0.15) is 0 Å². The fourth-order valence-corrected chi connectivity index (χ4v) is 3.01. The van der Waals surface area contributed by atoms with E-state index >= 15 is 0 Å². The molecule has 102 valence electrons. The third kappa shape index (κ3) is 1.84. The summed E-state index contributed by atoms with van der Waals surface area (Å²) in [7, 11) is 0. The van der Waals surface area contributed by atoms with E-state index < -0.39 is 0 Å². The number of hydrogen-bond donors (Lipinski definition) is 1. The van der Waals surface area contributed by atoms with E-state index in [1.165, 1.54) is 0 Å². The molecule has 1 aliphatic heterocycles. The standard InChI is InChI=1S/C15H15ClN4/c16-11-3-4-13-12(10-11)18-15(14-2-1-7-20(13)14)19-8-5-17-6-9-19/h1-4,7,10,17H,5-6,8-9H2. The summed E-state index contributed by atoms with van der Waals surface area (Å²) in [4.78, 5) is 7.19. The van der Waals surface area contributed by atoms with E-state index in [1.807, 2.05) is 18.2 Å². The molecule has 1 fully saturated rings. The van der Waals surface area contributed by atoms with E-state index in [1.54, 1.807) is 0 Å². The zero-order valence-electron chi connectivity index (χ0n) is 11.0. The Kier molecular flexibility index (Phi) is 2.79. The van der Waals surface area contributed by atoms with Crippen LogP contribution >= 0.6 is 11.6 Å². The molecule has 0 aliphatic carbocycles. The molecule has 0 unspecified atom stereocenters. The molecule has 1 aromatic carbocycles. The predicted octanol–water partition coefficient (Wildman–Crippen LogP) is 2.55. The first-order valence-electron chi connectivity index (χ1n) is 6.85. The molecule has 1 N–H and O–H groups in total. The van der Waals surface area contributed by atoms with Crippen LogP contribution in [0.4, 0.5) is 5.82 Å². The molecule has 0 spiro atoms. The maximum atomic E-state index is 6.11. The minimum Gasteiger partial charge on any atom is -0.352 e. The first-order chi connectivity index (χ1) is 9.83. The highest BCUT2D eigenvalue weighted by atomic mass is 35.5. The van der Waals surface area contributed by atoms with Crippen LogP contribution in [0.2, 0.25) is 5.02 Å². The average Bonchev–Trinajstić information content (AvgIpc) is 2.96. The van der Waals surface area contributed by atoms with Gasteiger partial charge < -0.3 is 14.6 Å². The fraction of sp³-hybridized carbons (Fsp3) is 0.267. The molecule has 0 radical (unpaired) electrons. The third-order valence-corrected chi connectivity index (χ3v) is 4.05. The van der Waals surface area contributed by atoms with Crippen molar-refractivity contribution < 1.29 is 0 Å². The Bertz CT molecular complexity index is 774. The smallest absolute Gasteiger partial charge is 0.153 e. The van der Waals surface area contributed by atoms with Crippen molar-refractivity contribution in [2.75, 3.05) is 31.1 Å². The first kappa shape index (κ1) is 12.0. The van der Waals surface area contributed by atoms with Crippen LogP contribution in [0.1, 0.15) is 0 Å². The Balaban J connectivity index is 1.99. The van der Waals surface area contributed by atoms with Crippen LogP contribution in [0.3, 0.4) is 0 Å². The summed E-state index contributed by atoms with van der Waals surface area (Å²) < 4.78 is 2.19. The van der Waals surface area contributed by atoms with Crippen LogP contribution < -0.4 is 10.2 Å². The zero-order chi connectivity index (χ0) is 13.5. The summed E-state index contributed by atoms with van der Waals surface area (Å²) in [5, 5.41) is 4.10. The largest absolute Gasteiger partial charge is 0.352 e. The zero-order valence-corrected chi connectivity index (χ0v) is 11.8. The number of nitrogens with one attached hydrogen (secondary N) is 1. The molecule has 0 atom stereocenters. The highest BCUT2D eigenvalue weighted by molar-refractivity contribution is 6.31. The SMILES string of the molecule is Clc1ccc2c(c1)nc(N1CCNCC1)c1cccn12. The van der Waals surface area contributed by atoms with Crippen molar-refractivity contribution in [2.45, 2.75) is 0 Å². The van der Waals surface area contributed by atoms with Gasteiger partial charge in [-0.15, -0.1) is 0 Å². The molecule has 4 rings (SSSR count). The van der Waals surface area contributed by atoms with Gasteiger partial charge in [-0.05, 0) is 30.3 Å². The number of halogens is 1. The Hall–Kier alpha value is -1.78. The van der Waals surface area contributed by atoms with Crippen LogP contribution in [-0.2, 0) is 0 Å². The quantitative estimate of drug-likeness (QED) is 0.746. The summed E-state index contributed by atoms with van der Waals surface area (Å²) in [5.74, 6) is 1.05. The minimum atomic E-state index is 0.725. The number of rotatable bonds is 1. The van der Waals surface area contributed by atoms with E-state index in [2.05, 4.69) is 32.9 Å². The van der Waals surface area contributed by atoms with Crippen molar-refractivity contribution in [2.24, 2.45) is 0 Å². The van der Waals surface area contributed by atoms with Gasteiger partial charge in [0, 0.05) is 37.4 Å². The van der Waals surface area contributed by atoms with Crippen molar-refractivity contribution in [3.63, 3.8) is 0 Å². The lowest BCUT2D eigenvalue weighted by Crippen LogP contribution is -2.44. The molecule has 0 saturated carbocycles. The average molecular weight is 287 g/mol. The first-order valence-corrected chi connectivity index (χ1v) is 7.23. The van der Waals surface area contributed by atoms with Crippen molar-refractivity contribution >= 4 is 34.0 Å². The van der Waals surface area contributed by atoms with Crippen molar-refractivity contribution in [3.8, 4) is 0 Å². The van der Waals surface area contributed by atoms with E-state index in [4.69, 9.17) is 16.6 Å². The highest BCUT2D eigenvalue weighted by Gasteiger charge is 2.16. The Morgan fingerprint density at radius 3 is 2.80 bits per heavy atom. The molecule has 0 amide bonds. The predicted molar refractivity (Wildman–Crippen MR) is 82.8 cm³/mol. The highest BCUT2D eigenvalue weighted by Crippen LogP contribution is 2.27. The monoisotopic (exact) mass is 286 g/mol. The van der Waals surface area contributed by atoms with Crippen LogP contribution in [-0.4, -0.2) is 35.6 Å². The summed E-state index contributed by atoms with van der Waals surface area (Å²) >= 11 is 6.11. The molecule has 3 aromatic rings. The number of nitrogens with zero attached hydrogens (tertiary/aromatic N) is 3. The van der Waals surface area contributed by atoms with Gasteiger partial charge in [-0.3, -0.25) is 0 Å². The Morgan fingerprint density at radius 1 is 1.10 bits per heavy atom. The number of fused-ring (bicyclic) bond motifs is 3. The molecule has 0 bridgehead atoms. The fourth-order valence-electron chi connectivity index (χ4n) is 2.84. The maximum absolute atomic E-state index is 6.11. The lowest BCUT2D eigenvalue weighted by molar-refractivity contribution is 0.586. The van der Waals surface area contributed by atoms with Gasteiger partial charge >= 0.3 is 0 Å². The van der Waals surface area contributed by atoms with Crippen LogP contribution in [0.5, 0.6) is 0 Å². The topological polar surface area (TPSA) is 32.6 Å². The van der Waals surface area contributed by atoms with E-state index in [0.717, 1.165) is 53.6 Å². The lowest BCUT2D eigenvalue weighted by atomic mass is 10.2. The van der Waals surface area contributed by atoms with E-state index in [0.29, 0.717) is 0 Å². The summed E-state index contributed by atoms with van der Waals surface area (Å²) in [6.45, 7) is 3.98. The second-order valence-electron chi connectivity index (χ2n) is 5.07. The second-order valence-corrected chi connectivity index (χ2v) is 5.51. The molecule has 5 heteroatoms. The maximum Gasteiger partial charge on any atom is 0.153 e. The lowest BCUT2D eigenvalue weighted by Gasteiger charge is -2.29. The van der Waals surface area contributed by atoms with Crippen LogP contribution in [0, 0.1) is 0 Å². The van der Waals surface area contributed by atoms with Gasteiger partial charge in [-0.1, -0.05) is 11.6 Å². The van der Waals surface area contributed by atoms with Gasteiger partial charge in [0.05, 0.1) is 16.6 Å². The summed E-state index contributed by atoms with van der Waals surface area (Å²) in [6, 6.07) is 10.1. The number of piperazine rings is 1. The van der Waals surface area contributed by atoms with Gasteiger partial charge in [-0.25, -0.2) is 4.98 Å². The Labute approximate surface area is 122 Å². The van der Waals surface area contributed by atoms with Crippen molar-refractivity contribution in [3.05, 3.63) is 41.6 Å². The summed E-state index contributed by atoms with van der Waals surface area (Å²) in [5.41, 5.74) is 3.18. The van der Waals surface area contributed by atoms with Gasteiger partial charge in [0.15, 0.2) is 5.82 Å². The van der Waals surface area contributed by atoms with Crippen LogP contribution in [0.25, 0.3) is 16.6 Å². The van der Waals surface area contributed by atoms with E-state index in [-0.39, 0.29) is 0 Å². The Morgan fingerprint density at radius 2 is 1.95 bits per heavy atom. The molecular weight excluding hydrogens is 272 g/mol. The molecule has 20 heavy (non-hydrogen) atoms. The number of anilines is 1. The number of benzene rings is 1. The molecule has 3 heterocycles. The second kappa shape index (κ2) is 4.65. The third-order valence-electron chi connectivity index (χ3n) is 3.82. The van der Waals surface area contributed by atoms with Gasteiger partial charge in [-0.2, -0.15) is 0 Å². The van der Waals surface area contributed by atoms with Crippen LogP contribution in [0.15, 0.2) is 36.5 Å². The molecule has 1 saturated heterocycles.